The highest BCUT2D eigenvalue weighted by molar-refractivity contribution is 6.73. The van der Waals surface area contributed by atoms with Gasteiger partial charge in [-0.25, -0.2) is 0 Å². The number of hydrogen-bond donors (Lipinski definition) is 0. The topological polar surface area (TPSA) is 108 Å². The third-order valence-electron chi connectivity index (χ3n) is 3.09. The Labute approximate surface area is 181 Å². The lowest BCUT2D eigenvalue weighted by Gasteiger charge is -2.26. The molecule has 0 heterocycles. The second kappa shape index (κ2) is 18.4. The lowest BCUT2D eigenvalue weighted by molar-refractivity contribution is -0.138. The molecule has 0 atom stereocenters. The van der Waals surface area contributed by atoms with Gasteiger partial charge >= 0.3 is 17.4 Å². The first-order valence-corrected chi connectivity index (χ1v) is 13.4. The van der Waals surface area contributed by atoms with Crippen LogP contribution in [0.3, 0.4) is 0 Å². The Kier molecular flexibility index (Phi) is 18.9. The Morgan fingerprint density at radius 3 is 1.23 bits per heavy atom. The number of carbonyl (C=O) groups is 2. The van der Waals surface area contributed by atoms with Crippen molar-refractivity contribution in [1.29, 1.82) is 0 Å². The van der Waals surface area contributed by atoms with Gasteiger partial charge in [0.15, 0.2) is 0 Å². The van der Waals surface area contributed by atoms with E-state index in [2.05, 4.69) is 13.2 Å². The van der Waals surface area contributed by atoms with Crippen molar-refractivity contribution in [2.45, 2.75) is 20.4 Å². The van der Waals surface area contributed by atoms with E-state index in [-0.39, 0.29) is 0 Å². The summed E-state index contributed by atoms with van der Waals surface area (Å²) in [5.41, 5.74) is 2.99. The molecule has 0 saturated heterocycles. The monoisotopic (exact) mass is 468 g/mol. The summed E-state index contributed by atoms with van der Waals surface area (Å²) in [6.45, 7) is 13.9. The average molecular weight is 469 g/mol. The summed E-state index contributed by atoms with van der Waals surface area (Å²) in [5, 5.41) is 0. The molecule has 12 heteroatoms. The van der Waals surface area contributed by atoms with E-state index < -0.39 is 29.3 Å². The zero-order valence-electron chi connectivity index (χ0n) is 18.9. The molecule has 30 heavy (non-hydrogen) atoms. The zero-order valence-corrected chi connectivity index (χ0v) is 20.9. The number of carbonyl (C=O) groups excluding carboxylic acids is 2. The molecule has 0 amide bonds. The molecule has 0 radical (unpaired) electrons. The summed E-state index contributed by atoms with van der Waals surface area (Å²) in [7, 11) is -0.814. The molecular weight excluding hydrogens is 432 g/mol. The van der Waals surface area contributed by atoms with Crippen LogP contribution in [0.2, 0.25) is 6.55 Å². The Hall–Kier alpha value is -1.39. The van der Waals surface area contributed by atoms with E-state index in [4.69, 9.17) is 36.3 Å². The fourth-order valence-electron chi connectivity index (χ4n) is 1.78. The molecule has 0 unspecified atom stereocenters. The summed E-state index contributed by atoms with van der Waals surface area (Å²) in [6, 6.07) is 0. The van der Waals surface area contributed by atoms with Crippen molar-refractivity contribution in [3.63, 3.8) is 0 Å². The van der Waals surface area contributed by atoms with Gasteiger partial charge < -0.3 is 36.3 Å². The smallest absolute Gasteiger partial charge is 0.482 e. The second-order valence-corrected chi connectivity index (χ2v) is 11.1. The van der Waals surface area contributed by atoms with Crippen molar-refractivity contribution < 1.29 is 45.9 Å². The second-order valence-electron chi connectivity index (χ2n) is 5.74. The van der Waals surface area contributed by atoms with Crippen LogP contribution < -0.4 is 0 Å². The number of ether oxygens (including phenoxy) is 3. The first-order valence-electron chi connectivity index (χ1n) is 9.19. The Morgan fingerprint density at radius 1 is 0.700 bits per heavy atom. The number of methoxy groups -OCH3 is 3. The van der Waals surface area contributed by atoms with Gasteiger partial charge in [0.2, 0.25) is 0 Å². The molecule has 0 aromatic rings. The van der Waals surface area contributed by atoms with Crippen molar-refractivity contribution >= 4 is 29.3 Å². The molecule has 176 valence electrons. The largest absolute Gasteiger partial charge is 0.529 e. The lowest BCUT2D eigenvalue weighted by atomic mass is 10.8. The van der Waals surface area contributed by atoms with Crippen LogP contribution >= 0.6 is 0 Å². The van der Waals surface area contributed by atoms with Gasteiger partial charge in [0.05, 0.1) is 39.6 Å². The van der Waals surface area contributed by atoms with Crippen LogP contribution in [0.1, 0.15) is 13.8 Å². The van der Waals surface area contributed by atoms with Crippen LogP contribution in [0.15, 0.2) is 24.6 Å². The molecular formula is C18H36O10Si2. The first kappa shape index (κ1) is 30.8. The number of rotatable bonds is 16. The maximum atomic E-state index is 10.6. The van der Waals surface area contributed by atoms with E-state index in [0.29, 0.717) is 39.6 Å². The molecule has 0 aliphatic carbocycles. The van der Waals surface area contributed by atoms with Gasteiger partial charge in [-0.05, 0) is 11.4 Å². The maximum Gasteiger partial charge on any atom is 0.529 e. The Bertz CT molecular complexity index is 459. The molecule has 0 aliphatic heterocycles. The van der Waals surface area contributed by atoms with Crippen molar-refractivity contribution in [3.8, 4) is 0 Å². The molecule has 10 nitrogen and oxygen atoms in total. The average Bonchev–Trinajstić information content (AvgIpc) is 2.67. The Balaban J connectivity index is 0. The standard InChI is InChI=1S/C11H24O6Si.C7H12O4Si/c1-5-18(15-9-6-12-2,16-10-7-13-3)17-11-8-14-4;1-5-12(4,10-6(2)8)11-7(3)9/h5H,1,6-11H2,2-4H3;5H,1H2,2-4H3. The zero-order chi connectivity index (χ0) is 23.5. The molecule has 0 aromatic carbocycles. The summed E-state index contributed by atoms with van der Waals surface area (Å²) in [4.78, 5) is 21.1. The van der Waals surface area contributed by atoms with E-state index >= 15 is 0 Å². The lowest BCUT2D eigenvalue weighted by Crippen LogP contribution is -2.46. The van der Waals surface area contributed by atoms with Gasteiger partial charge in [-0.2, -0.15) is 0 Å². The summed E-state index contributed by atoms with van der Waals surface area (Å²) < 4.78 is 41.4. The minimum Gasteiger partial charge on any atom is -0.482 e. The molecule has 0 N–H and O–H groups in total. The van der Waals surface area contributed by atoms with Crippen molar-refractivity contribution in [3.05, 3.63) is 24.6 Å². The van der Waals surface area contributed by atoms with Crippen LogP contribution in [0, 0.1) is 0 Å². The molecule has 0 saturated carbocycles. The number of hydrogen-bond acceptors (Lipinski definition) is 10. The molecule has 0 spiro atoms. The highest BCUT2D eigenvalue weighted by Gasteiger charge is 2.38. The highest BCUT2D eigenvalue weighted by Crippen LogP contribution is 2.11. The van der Waals surface area contributed by atoms with Crippen LogP contribution in [-0.4, -0.2) is 90.3 Å². The van der Waals surface area contributed by atoms with Crippen molar-refractivity contribution in [1.82, 2.24) is 0 Å². The fraction of sp³-hybridized carbons (Fsp3) is 0.667. The predicted molar refractivity (Wildman–Crippen MR) is 115 cm³/mol. The van der Waals surface area contributed by atoms with Gasteiger partial charge in [-0.3, -0.25) is 9.59 Å². The van der Waals surface area contributed by atoms with Crippen LogP contribution in [0.25, 0.3) is 0 Å². The SMILES string of the molecule is C=C[Si](C)(OC(C)=O)OC(C)=O.C=C[Si](OCCOC)(OCCOC)OCCOC. The molecule has 0 aromatic heterocycles. The van der Waals surface area contributed by atoms with Gasteiger partial charge in [-0.1, -0.05) is 6.58 Å². The minimum absolute atomic E-state index is 0.398. The van der Waals surface area contributed by atoms with Gasteiger partial charge in [-0.15, -0.1) is 6.58 Å². The first-order chi connectivity index (χ1) is 14.1. The third kappa shape index (κ3) is 16.4. The van der Waals surface area contributed by atoms with Gasteiger partial charge in [0, 0.05) is 41.7 Å². The van der Waals surface area contributed by atoms with E-state index in [1.807, 2.05) is 0 Å². The van der Waals surface area contributed by atoms with Gasteiger partial charge in [0.25, 0.3) is 11.9 Å². The quantitative estimate of drug-likeness (QED) is 0.244. The normalized spacial score (nSPS) is 11.1. The maximum absolute atomic E-state index is 10.6. The highest BCUT2D eigenvalue weighted by atomic mass is 28.4. The molecule has 0 bridgehead atoms. The van der Waals surface area contributed by atoms with E-state index in [1.165, 1.54) is 19.5 Å². The van der Waals surface area contributed by atoms with Crippen LogP contribution in [-0.2, 0) is 45.9 Å². The molecule has 0 rings (SSSR count). The van der Waals surface area contributed by atoms with Crippen LogP contribution in [0.4, 0.5) is 0 Å². The molecule has 0 aliphatic rings. The summed E-state index contributed by atoms with van der Waals surface area (Å²) in [6.07, 6.45) is 0. The summed E-state index contributed by atoms with van der Waals surface area (Å²) >= 11 is 0. The van der Waals surface area contributed by atoms with Crippen LogP contribution in [0.5, 0.6) is 0 Å². The van der Waals surface area contributed by atoms with E-state index in [9.17, 15) is 9.59 Å². The van der Waals surface area contributed by atoms with E-state index in [1.54, 1.807) is 33.6 Å². The summed E-state index contributed by atoms with van der Waals surface area (Å²) in [5.74, 6) is -0.935. The van der Waals surface area contributed by atoms with Crippen molar-refractivity contribution in [2.24, 2.45) is 0 Å². The fourth-order valence-corrected chi connectivity index (χ4v) is 4.84. The molecule has 0 fully saturated rings. The van der Waals surface area contributed by atoms with Crippen molar-refractivity contribution in [2.75, 3.05) is 61.0 Å². The van der Waals surface area contributed by atoms with E-state index in [0.717, 1.165) is 0 Å². The Morgan fingerprint density at radius 2 is 1.03 bits per heavy atom. The minimum atomic E-state index is -2.86. The third-order valence-corrected chi connectivity index (χ3v) is 7.53. The van der Waals surface area contributed by atoms with Gasteiger partial charge in [0.1, 0.15) is 0 Å². The predicted octanol–water partition coefficient (Wildman–Crippen LogP) is 1.55.